The third-order valence-corrected chi connectivity index (χ3v) is 5.23. The summed E-state index contributed by atoms with van der Waals surface area (Å²) in [6, 6.07) is 4.08. The molecule has 7 heteroatoms. The molecule has 1 amide bonds. The second kappa shape index (κ2) is 7.70. The Bertz CT molecular complexity index is 677. The molecule has 2 aromatic rings. The van der Waals surface area contributed by atoms with E-state index >= 15 is 0 Å². The summed E-state index contributed by atoms with van der Waals surface area (Å²) in [7, 11) is 0. The van der Waals surface area contributed by atoms with Gasteiger partial charge in [-0.25, -0.2) is 4.98 Å². The van der Waals surface area contributed by atoms with Gasteiger partial charge in [0.25, 0.3) is 5.91 Å². The van der Waals surface area contributed by atoms with Crippen LogP contribution < -0.4 is 10.2 Å². The van der Waals surface area contributed by atoms with Gasteiger partial charge >= 0.3 is 0 Å². The second-order valence-corrected chi connectivity index (χ2v) is 7.03. The molecule has 0 unspecified atom stereocenters. The summed E-state index contributed by atoms with van der Waals surface area (Å²) in [5.41, 5.74) is 1.75. The Morgan fingerprint density at radius 3 is 2.83 bits per heavy atom. The number of nitrogens with zero attached hydrogens (tertiary/aromatic N) is 4. The number of piperidine rings is 1. The fourth-order valence-electron chi connectivity index (χ4n) is 2.82. The Hall–Kier alpha value is -2.02. The van der Waals surface area contributed by atoms with Gasteiger partial charge in [-0.3, -0.25) is 4.79 Å². The van der Waals surface area contributed by atoms with E-state index in [1.54, 1.807) is 0 Å². The zero-order chi connectivity index (χ0) is 16.9. The highest BCUT2D eigenvalue weighted by Gasteiger charge is 2.17. The smallest absolute Gasteiger partial charge is 0.265 e. The molecule has 1 N–H and O–H groups in total. The number of amides is 1. The third kappa shape index (κ3) is 3.90. The van der Waals surface area contributed by atoms with Crippen molar-refractivity contribution in [3.05, 3.63) is 34.5 Å². The molecule has 1 fully saturated rings. The van der Waals surface area contributed by atoms with Crippen molar-refractivity contribution < 1.29 is 4.79 Å². The first-order valence-corrected chi connectivity index (χ1v) is 9.24. The highest BCUT2D eigenvalue weighted by atomic mass is 32.1. The standard InChI is InChI=1S/C17H23N5OS/c1-3-14-16(24-21-20-14)17(23)19-11-13-4-5-15(18-10-13)22-8-6-12(2)7-9-22/h4-5,10,12H,3,6-9,11H2,1-2H3,(H,19,23). The van der Waals surface area contributed by atoms with E-state index in [-0.39, 0.29) is 5.91 Å². The average Bonchev–Trinajstić information content (AvgIpc) is 3.10. The molecule has 0 saturated carbocycles. The summed E-state index contributed by atoms with van der Waals surface area (Å²) in [4.78, 5) is 19.7. The van der Waals surface area contributed by atoms with Crippen LogP contribution in [0.25, 0.3) is 0 Å². The molecular formula is C17H23N5OS. The van der Waals surface area contributed by atoms with Gasteiger partial charge in [0.2, 0.25) is 0 Å². The number of anilines is 1. The maximum atomic E-state index is 12.2. The first-order chi connectivity index (χ1) is 11.7. The number of aryl methyl sites for hydroxylation is 1. The molecule has 24 heavy (non-hydrogen) atoms. The molecule has 1 aliphatic heterocycles. The molecule has 0 radical (unpaired) electrons. The number of hydrogen-bond acceptors (Lipinski definition) is 6. The van der Waals surface area contributed by atoms with E-state index in [2.05, 4.69) is 31.7 Å². The second-order valence-electron chi connectivity index (χ2n) is 6.28. The molecular weight excluding hydrogens is 322 g/mol. The van der Waals surface area contributed by atoms with E-state index in [0.717, 1.165) is 47.6 Å². The van der Waals surface area contributed by atoms with E-state index in [0.29, 0.717) is 17.8 Å². The van der Waals surface area contributed by atoms with E-state index in [1.807, 2.05) is 25.3 Å². The molecule has 128 valence electrons. The summed E-state index contributed by atoms with van der Waals surface area (Å²) in [6.07, 6.45) is 5.01. The van der Waals surface area contributed by atoms with Crippen LogP contribution in [0, 0.1) is 5.92 Å². The van der Waals surface area contributed by atoms with Crippen molar-refractivity contribution in [3.63, 3.8) is 0 Å². The van der Waals surface area contributed by atoms with E-state index < -0.39 is 0 Å². The Kier molecular flexibility index (Phi) is 5.40. The maximum absolute atomic E-state index is 12.2. The molecule has 1 saturated heterocycles. The van der Waals surface area contributed by atoms with Crippen LogP contribution in [-0.4, -0.2) is 33.6 Å². The lowest BCUT2D eigenvalue weighted by atomic mass is 9.99. The van der Waals surface area contributed by atoms with Gasteiger partial charge in [0.1, 0.15) is 10.7 Å². The van der Waals surface area contributed by atoms with Crippen molar-refractivity contribution in [2.24, 2.45) is 5.92 Å². The molecule has 3 heterocycles. The average molecular weight is 345 g/mol. The Labute approximate surface area is 146 Å². The molecule has 0 aliphatic carbocycles. The van der Waals surface area contributed by atoms with Crippen LogP contribution in [0.4, 0.5) is 5.82 Å². The summed E-state index contributed by atoms with van der Waals surface area (Å²) < 4.78 is 3.85. The van der Waals surface area contributed by atoms with Crippen LogP contribution >= 0.6 is 11.5 Å². The van der Waals surface area contributed by atoms with Gasteiger partial charge in [0, 0.05) is 25.8 Å². The quantitative estimate of drug-likeness (QED) is 0.902. The van der Waals surface area contributed by atoms with E-state index in [9.17, 15) is 4.79 Å². The molecule has 0 bridgehead atoms. The Morgan fingerprint density at radius 1 is 1.38 bits per heavy atom. The first kappa shape index (κ1) is 16.8. The van der Waals surface area contributed by atoms with Crippen LogP contribution in [0.2, 0.25) is 0 Å². The predicted octanol–water partition coefficient (Wildman–Crippen LogP) is 2.66. The van der Waals surface area contributed by atoms with Crippen LogP contribution in [0.5, 0.6) is 0 Å². The minimum Gasteiger partial charge on any atom is -0.357 e. The van der Waals surface area contributed by atoms with Crippen molar-refractivity contribution >= 4 is 23.3 Å². The summed E-state index contributed by atoms with van der Waals surface area (Å²) in [6.45, 7) is 6.88. The summed E-state index contributed by atoms with van der Waals surface area (Å²) >= 11 is 1.14. The number of hydrogen-bond donors (Lipinski definition) is 1. The predicted molar refractivity (Wildman–Crippen MR) is 95.3 cm³/mol. The minimum atomic E-state index is -0.115. The molecule has 0 spiro atoms. The van der Waals surface area contributed by atoms with Crippen LogP contribution in [-0.2, 0) is 13.0 Å². The number of carbonyl (C=O) groups is 1. The largest absolute Gasteiger partial charge is 0.357 e. The van der Waals surface area contributed by atoms with Gasteiger partial charge in [-0.15, -0.1) is 5.10 Å². The fourth-order valence-corrected chi connectivity index (χ4v) is 3.49. The first-order valence-electron chi connectivity index (χ1n) is 8.46. The van der Waals surface area contributed by atoms with Gasteiger partial charge in [-0.05, 0) is 48.3 Å². The Morgan fingerprint density at radius 2 is 2.17 bits per heavy atom. The monoisotopic (exact) mass is 345 g/mol. The number of carbonyl (C=O) groups excluding carboxylic acids is 1. The van der Waals surface area contributed by atoms with E-state index in [4.69, 9.17) is 0 Å². The van der Waals surface area contributed by atoms with Crippen LogP contribution in [0.3, 0.4) is 0 Å². The number of pyridine rings is 1. The Balaban J connectivity index is 1.55. The lowest BCUT2D eigenvalue weighted by Gasteiger charge is -2.31. The number of rotatable bonds is 5. The number of aromatic nitrogens is 3. The summed E-state index contributed by atoms with van der Waals surface area (Å²) in [5, 5.41) is 6.89. The molecule has 2 aromatic heterocycles. The highest BCUT2D eigenvalue weighted by molar-refractivity contribution is 7.08. The van der Waals surface area contributed by atoms with Gasteiger partial charge in [0.15, 0.2) is 0 Å². The third-order valence-electron chi connectivity index (χ3n) is 4.47. The van der Waals surface area contributed by atoms with Crippen LogP contribution in [0.15, 0.2) is 18.3 Å². The van der Waals surface area contributed by atoms with Crippen molar-refractivity contribution in [3.8, 4) is 0 Å². The van der Waals surface area contributed by atoms with Crippen molar-refractivity contribution in [1.29, 1.82) is 0 Å². The zero-order valence-electron chi connectivity index (χ0n) is 14.2. The van der Waals surface area contributed by atoms with Crippen molar-refractivity contribution in [2.45, 2.75) is 39.7 Å². The maximum Gasteiger partial charge on any atom is 0.265 e. The van der Waals surface area contributed by atoms with Crippen molar-refractivity contribution in [1.82, 2.24) is 19.9 Å². The molecule has 6 nitrogen and oxygen atoms in total. The molecule has 0 atom stereocenters. The summed E-state index contributed by atoms with van der Waals surface area (Å²) in [5.74, 6) is 1.72. The van der Waals surface area contributed by atoms with Gasteiger partial charge in [-0.1, -0.05) is 24.4 Å². The topological polar surface area (TPSA) is 71.0 Å². The molecule has 1 aliphatic rings. The van der Waals surface area contributed by atoms with Gasteiger partial charge in [0.05, 0.1) is 5.69 Å². The number of nitrogens with one attached hydrogen (secondary N) is 1. The normalized spacial score (nSPS) is 15.5. The lowest BCUT2D eigenvalue weighted by Crippen LogP contribution is -2.33. The molecule has 0 aromatic carbocycles. The minimum absolute atomic E-state index is 0.115. The van der Waals surface area contributed by atoms with Gasteiger partial charge in [-0.2, -0.15) is 0 Å². The fraction of sp³-hybridized carbons (Fsp3) is 0.529. The SMILES string of the molecule is CCc1nnsc1C(=O)NCc1ccc(N2CCC(C)CC2)nc1. The van der Waals surface area contributed by atoms with E-state index in [1.165, 1.54) is 12.8 Å². The zero-order valence-corrected chi connectivity index (χ0v) is 15.0. The van der Waals surface area contributed by atoms with Gasteiger partial charge < -0.3 is 10.2 Å². The van der Waals surface area contributed by atoms with Crippen LogP contribution in [0.1, 0.15) is 47.6 Å². The van der Waals surface area contributed by atoms with Crippen molar-refractivity contribution in [2.75, 3.05) is 18.0 Å². The highest BCUT2D eigenvalue weighted by Crippen LogP contribution is 2.21. The lowest BCUT2D eigenvalue weighted by molar-refractivity contribution is 0.0954. The molecule has 3 rings (SSSR count).